The molecule has 3 aromatic rings. The quantitative estimate of drug-likeness (QED) is 0.359. The number of carbonyl (C=O) groups is 3. The second kappa shape index (κ2) is 13.3. The summed E-state index contributed by atoms with van der Waals surface area (Å²) in [4.78, 5) is 50.7. The number of benzene rings is 2. The van der Waals surface area contributed by atoms with Crippen LogP contribution >= 0.6 is 0 Å². The number of ketones is 1. The fourth-order valence-electron chi connectivity index (χ4n) is 4.94. The van der Waals surface area contributed by atoms with E-state index in [-0.39, 0.29) is 54.6 Å². The molecule has 0 bridgehead atoms. The van der Waals surface area contributed by atoms with Crippen molar-refractivity contribution in [2.75, 3.05) is 32.8 Å². The van der Waals surface area contributed by atoms with Crippen molar-refractivity contribution in [3.05, 3.63) is 83.9 Å². The normalized spacial score (nSPS) is 18.7. The molecule has 0 aliphatic carbocycles. The Balaban J connectivity index is 1.23. The van der Waals surface area contributed by atoms with E-state index in [9.17, 15) is 18.8 Å². The summed E-state index contributed by atoms with van der Waals surface area (Å²) in [6, 6.07) is 16.1. The zero-order chi connectivity index (χ0) is 28.6. The molecule has 2 unspecified atom stereocenters. The summed E-state index contributed by atoms with van der Waals surface area (Å²) in [6.45, 7) is 2.02. The van der Waals surface area contributed by atoms with Gasteiger partial charge in [0.15, 0.2) is 5.78 Å². The minimum atomic E-state index is -0.507. The summed E-state index contributed by atoms with van der Waals surface area (Å²) in [5, 5.41) is 0. The second-order valence-electron chi connectivity index (χ2n) is 9.95. The number of likely N-dealkylation sites (tertiary alicyclic amines) is 1. The van der Waals surface area contributed by atoms with E-state index in [4.69, 9.17) is 14.2 Å². The maximum absolute atomic E-state index is 13.4. The van der Waals surface area contributed by atoms with Crippen molar-refractivity contribution >= 4 is 17.8 Å². The van der Waals surface area contributed by atoms with Crippen molar-refractivity contribution in [3.8, 4) is 11.8 Å². The minimum Gasteiger partial charge on any atom is -0.444 e. The first-order chi connectivity index (χ1) is 19.9. The summed E-state index contributed by atoms with van der Waals surface area (Å²) in [5.41, 5.74) is 0.885. The van der Waals surface area contributed by atoms with E-state index >= 15 is 0 Å². The zero-order valence-electron chi connectivity index (χ0n) is 22.5. The van der Waals surface area contributed by atoms with Crippen LogP contribution in [0.15, 0.2) is 66.9 Å². The minimum absolute atomic E-state index is 0.0640. The van der Waals surface area contributed by atoms with Crippen LogP contribution in [0, 0.1) is 5.82 Å². The topological polar surface area (TPSA) is 111 Å². The predicted molar refractivity (Wildman–Crippen MR) is 145 cm³/mol. The van der Waals surface area contributed by atoms with Crippen molar-refractivity contribution in [2.45, 2.75) is 37.8 Å². The number of rotatable bonds is 9. The molecule has 10 nitrogen and oxygen atoms in total. The van der Waals surface area contributed by atoms with Crippen molar-refractivity contribution in [1.29, 1.82) is 0 Å². The van der Waals surface area contributed by atoms with Gasteiger partial charge in [0.1, 0.15) is 23.4 Å². The van der Waals surface area contributed by atoms with E-state index in [0.717, 1.165) is 0 Å². The third-order valence-electron chi connectivity index (χ3n) is 7.08. The molecule has 41 heavy (non-hydrogen) atoms. The molecule has 2 aliphatic heterocycles. The molecule has 11 heteroatoms. The monoisotopic (exact) mass is 562 g/mol. The number of amides is 2. The Kier molecular flexibility index (Phi) is 9.15. The van der Waals surface area contributed by atoms with Gasteiger partial charge in [0.2, 0.25) is 5.91 Å². The summed E-state index contributed by atoms with van der Waals surface area (Å²) in [7, 11) is 0. The molecule has 2 fully saturated rings. The molecule has 214 valence electrons. The molecule has 2 atom stereocenters. The molecule has 0 saturated carbocycles. The van der Waals surface area contributed by atoms with Crippen LogP contribution < -0.4 is 4.74 Å². The maximum Gasteiger partial charge on any atom is 0.410 e. The van der Waals surface area contributed by atoms with Gasteiger partial charge in [0.25, 0.3) is 0 Å². The van der Waals surface area contributed by atoms with Gasteiger partial charge in [0.05, 0.1) is 26.2 Å². The first-order valence-corrected chi connectivity index (χ1v) is 13.6. The predicted octanol–water partition coefficient (Wildman–Crippen LogP) is 4.05. The number of hydrogen-bond donors (Lipinski definition) is 0. The Morgan fingerprint density at radius 3 is 2.51 bits per heavy atom. The van der Waals surface area contributed by atoms with Gasteiger partial charge in [-0.2, -0.15) is 4.98 Å². The van der Waals surface area contributed by atoms with Gasteiger partial charge in [0, 0.05) is 38.2 Å². The Labute approximate surface area is 237 Å². The fourth-order valence-corrected chi connectivity index (χ4v) is 4.94. The molecule has 2 amide bonds. The number of carbonyl (C=O) groups excluding carboxylic acids is 3. The van der Waals surface area contributed by atoms with Crippen molar-refractivity contribution in [3.63, 3.8) is 0 Å². The van der Waals surface area contributed by atoms with Crippen LogP contribution in [0.2, 0.25) is 0 Å². The van der Waals surface area contributed by atoms with Crippen LogP contribution in [-0.2, 0) is 20.7 Å². The summed E-state index contributed by atoms with van der Waals surface area (Å²) < 4.78 is 30.1. The Bertz CT molecular complexity index is 1350. The number of aromatic nitrogens is 2. The Hall–Kier alpha value is -4.38. The molecule has 2 aliphatic rings. The lowest BCUT2D eigenvalue weighted by Gasteiger charge is -2.27. The van der Waals surface area contributed by atoms with Crippen LogP contribution in [0.25, 0.3) is 0 Å². The average Bonchev–Trinajstić information content (AvgIpc) is 3.40. The number of ether oxygens (including phenoxy) is 3. The Morgan fingerprint density at radius 2 is 1.76 bits per heavy atom. The standard InChI is InChI=1S/C30H31FN4O6/c31-22-8-6-21(7-9-22)18-28(37)35-20-25(41-30(38)34-14-16-39-17-15-34)19-23(35)10-11-27(36)26-12-13-32-29(33-26)40-24-4-2-1-3-5-24/h1-9,12-13,23,25H,10-11,14-20H2. The summed E-state index contributed by atoms with van der Waals surface area (Å²) in [5.74, 6) is -0.225. The van der Waals surface area contributed by atoms with Crippen LogP contribution in [0.3, 0.4) is 0 Å². The fraction of sp³-hybridized carbons (Fsp3) is 0.367. The molecule has 2 aromatic carbocycles. The lowest BCUT2D eigenvalue weighted by molar-refractivity contribution is -0.131. The number of halogens is 1. The molecule has 3 heterocycles. The SMILES string of the molecule is O=C(CCC1CC(OC(=O)N2CCOCC2)CN1C(=O)Cc1ccc(F)cc1)c1ccnc(Oc2ccccc2)n1. The van der Waals surface area contributed by atoms with E-state index in [1.54, 1.807) is 34.1 Å². The molecule has 5 rings (SSSR count). The highest BCUT2D eigenvalue weighted by molar-refractivity contribution is 5.94. The van der Waals surface area contributed by atoms with E-state index < -0.39 is 12.2 Å². The van der Waals surface area contributed by atoms with E-state index in [2.05, 4.69) is 9.97 Å². The molecule has 2 saturated heterocycles. The molecule has 0 N–H and O–H groups in total. The first-order valence-electron chi connectivity index (χ1n) is 13.6. The second-order valence-corrected chi connectivity index (χ2v) is 9.95. The molecular weight excluding hydrogens is 531 g/mol. The van der Waals surface area contributed by atoms with Crippen LogP contribution in [0.4, 0.5) is 9.18 Å². The van der Waals surface area contributed by atoms with Gasteiger partial charge >= 0.3 is 12.1 Å². The van der Waals surface area contributed by atoms with E-state index in [1.807, 2.05) is 18.2 Å². The van der Waals surface area contributed by atoms with Crippen molar-refractivity contribution in [2.24, 2.45) is 0 Å². The van der Waals surface area contributed by atoms with Crippen molar-refractivity contribution in [1.82, 2.24) is 19.8 Å². The van der Waals surface area contributed by atoms with Gasteiger partial charge in [-0.25, -0.2) is 14.2 Å². The Morgan fingerprint density at radius 1 is 1.00 bits per heavy atom. The van der Waals surface area contributed by atoms with Gasteiger partial charge in [-0.1, -0.05) is 30.3 Å². The number of Topliss-reactive ketones (excluding diaryl/α,β-unsaturated/α-hetero) is 1. The number of nitrogens with zero attached hydrogens (tertiary/aromatic N) is 4. The average molecular weight is 563 g/mol. The highest BCUT2D eigenvalue weighted by Gasteiger charge is 2.38. The third kappa shape index (κ3) is 7.63. The maximum atomic E-state index is 13.4. The highest BCUT2D eigenvalue weighted by Crippen LogP contribution is 2.27. The highest BCUT2D eigenvalue weighted by atomic mass is 19.1. The number of hydrogen-bond acceptors (Lipinski definition) is 8. The summed E-state index contributed by atoms with van der Waals surface area (Å²) in [6.07, 6.45) is 1.48. The van der Waals surface area contributed by atoms with Gasteiger partial charge in [-0.05, 0) is 42.3 Å². The zero-order valence-corrected chi connectivity index (χ0v) is 22.5. The van der Waals surface area contributed by atoms with Gasteiger partial charge in [-0.3, -0.25) is 9.59 Å². The first kappa shape index (κ1) is 28.2. The van der Waals surface area contributed by atoms with Gasteiger partial charge in [-0.15, -0.1) is 0 Å². The number of para-hydroxylation sites is 1. The smallest absolute Gasteiger partial charge is 0.410 e. The van der Waals surface area contributed by atoms with Crippen LogP contribution in [0.5, 0.6) is 11.8 Å². The van der Waals surface area contributed by atoms with E-state index in [1.165, 1.54) is 24.4 Å². The lowest BCUT2D eigenvalue weighted by atomic mass is 10.0. The molecule has 0 radical (unpaired) electrons. The van der Waals surface area contributed by atoms with Crippen LogP contribution in [0.1, 0.15) is 35.3 Å². The number of morpholine rings is 1. The van der Waals surface area contributed by atoms with Crippen LogP contribution in [-0.4, -0.2) is 82.5 Å². The van der Waals surface area contributed by atoms with Crippen molar-refractivity contribution < 1.29 is 33.0 Å². The largest absolute Gasteiger partial charge is 0.444 e. The third-order valence-corrected chi connectivity index (χ3v) is 7.08. The molecular formula is C30H31FN4O6. The van der Waals surface area contributed by atoms with E-state index in [0.29, 0.717) is 50.5 Å². The van der Waals surface area contributed by atoms with Gasteiger partial charge < -0.3 is 24.0 Å². The molecule has 1 aromatic heterocycles. The molecule has 0 spiro atoms. The lowest BCUT2D eigenvalue weighted by Crippen LogP contribution is -2.42. The summed E-state index contributed by atoms with van der Waals surface area (Å²) >= 11 is 0.